The predicted octanol–water partition coefficient (Wildman–Crippen LogP) is 19.6. The van der Waals surface area contributed by atoms with Crippen LogP contribution in [-0.4, -0.2) is 0 Å². The SMILES string of the molecule is CC1=CC(C)C=C1.CC1CCC2C(C)CC(C)CC2C1.CC1CCC[C@H]2C(C)CCC[C@@H]12.CC1C[C@H]2C(C)CC(C)[C@H]2C1C.CC1C[C@H]2CC(C)C(C)[C@H]2C1.Cc1ccc(C)c(C)c1. The van der Waals surface area contributed by atoms with Gasteiger partial charge in [0.25, 0.3) is 0 Å². The average Bonchev–Trinajstić information content (AvgIpc) is 4.01. The molecule has 0 N–H and O–H groups in total. The molecule has 0 aromatic heterocycles. The number of fused-ring (bicyclic) bond motifs is 4. The van der Waals surface area contributed by atoms with E-state index in [1.165, 1.54) is 125 Å². The third-order valence-electron chi connectivity index (χ3n) is 20.8. The number of hydrogen-bond donors (Lipinski definition) is 0. The van der Waals surface area contributed by atoms with Crippen LogP contribution in [0.3, 0.4) is 0 Å². The summed E-state index contributed by atoms with van der Waals surface area (Å²) in [7, 11) is 0. The zero-order chi connectivity index (χ0) is 47.0. The average molecular weight is 880 g/mol. The van der Waals surface area contributed by atoms with Crippen LogP contribution in [0, 0.1) is 145 Å². The van der Waals surface area contributed by atoms with Gasteiger partial charge < -0.3 is 0 Å². The molecule has 0 bridgehead atoms. The summed E-state index contributed by atoms with van der Waals surface area (Å²) < 4.78 is 0. The fourth-order valence-electron chi connectivity index (χ4n) is 16.8. The van der Waals surface area contributed by atoms with Crippen LogP contribution in [0.25, 0.3) is 0 Å². The number of aryl methyl sites for hydroxylation is 3. The molecule has 1 aromatic carbocycles. The van der Waals surface area contributed by atoms with Crippen LogP contribution < -0.4 is 0 Å². The van der Waals surface area contributed by atoms with Crippen LogP contribution >= 0.6 is 0 Å². The molecule has 8 fully saturated rings. The van der Waals surface area contributed by atoms with E-state index < -0.39 is 0 Å². The van der Waals surface area contributed by atoms with Gasteiger partial charge in [-0.15, -0.1) is 0 Å². The van der Waals surface area contributed by atoms with E-state index >= 15 is 0 Å². The number of rotatable bonds is 0. The molecule has 0 saturated heterocycles. The van der Waals surface area contributed by atoms with Gasteiger partial charge in [-0.3, -0.25) is 0 Å². The van der Waals surface area contributed by atoms with Crippen molar-refractivity contribution in [3.8, 4) is 0 Å². The Morgan fingerprint density at radius 2 is 0.953 bits per heavy atom. The van der Waals surface area contributed by atoms with E-state index in [4.69, 9.17) is 0 Å². The normalized spacial score (nSPS) is 44.8. The molecule has 8 saturated carbocycles. The second kappa shape index (κ2) is 24.8. The van der Waals surface area contributed by atoms with Crippen LogP contribution in [0.4, 0.5) is 0 Å². The van der Waals surface area contributed by atoms with Gasteiger partial charge in [-0.2, -0.15) is 0 Å². The largest absolute Gasteiger partial charge is 0.0776 e. The Bertz CT molecular complexity index is 1550. The molecule has 9 aliphatic rings. The van der Waals surface area contributed by atoms with Gasteiger partial charge in [0, 0.05) is 0 Å². The lowest BCUT2D eigenvalue weighted by atomic mass is 9.61. The van der Waals surface area contributed by atoms with Gasteiger partial charge in [0.05, 0.1) is 0 Å². The molecule has 0 radical (unpaired) electrons. The monoisotopic (exact) mass is 879 g/mol. The van der Waals surface area contributed by atoms with Crippen molar-refractivity contribution in [3.63, 3.8) is 0 Å². The molecular formula is C64H110. The van der Waals surface area contributed by atoms with Crippen LogP contribution in [0.15, 0.2) is 42.0 Å². The molecular weight excluding hydrogens is 769 g/mol. The number of hydrogen-bond acceptors (Lipinski definition) is 0. The van der Waals surface area contributed by atoms with Gasteiger partial charge in [-0.05, 0) is 234 Å². The topological polar surface area (TPSA) is 0 Å². The Hall–Kier alpha value is -1.30. The highest BCUT2D eigenvalue weighted by atomic mass is 14.5. The molecule has 0 spiro atoms. The van der Waals surface area contributed by atoms with Crippen molar-refractivity contribution >= 4 is 0 Å². The Morgan fingerprint density at radius 3 is 1.47 bits per heavy atom. The maximum absolute atomic E-state index is 2.49. The lowest BCUT2D eigenvalue weighted by Gasteiger charge is -2.44. The van der Waals surface area contributed by atoms with Crippen molar-refractivity contribution in [2.75, 3.05) is 0 Å². The Labute approximate surface area is 401 Å². The Kier molecular flexibility index (Phi) is 20.8. The highest BCUT2D eigenvalue weighted by Crippen LogP contribution is 2.56. The van der Waals surface area contributed by atoms with Crippen molar-refractivity contribution in [1.29, 1.82) is 0 Å². The molecule has 1 aromatic rings. The Morgan fingerprint density at radius 1 is 0.391 bits per heavy atom. The molecule has 21 atom stereocenters. The first kappa shape index (κ1) is 53.7. The third-order valence-corrected chi connectivity index (χ3v) is 20.8. The van der Waals surface area contributed by atoms with Crippen LogP contribution in [0.2, 0.25) is 0 Å². The van der Waals surface area contributed by atoms with E-state index in [1.807, 2.05) is 0 Å². The summed E-state index contributed by atoms with van der Waals surface area (Å²) in [5.41, 5.74) is 5.50. The smallest absolute Gasteiger partial charge is 0.00730 e. The first-order valence-corrected chi connectivity index (χ1v) is 28.6. The minimum atomic E-state index is 0.681. The summed E-state index contributed by atoms with van der Waals surface area (Å²) in [5.74, 6) is 21.6. The summed E-state index contributed by atoms with van der Waals surface area (Å²) in [5, 5.41) is 0. The molecule has 0 heteroatoms. The summed E-state index contributed by atoms with van der Waals surface area (Å²) in [6, 6.07) is 6.50. The molecule has 0 amide bonds. The van der Waals surface area contributed by atoms with E-state index in [0.29, 0.717) is 5.92 Å². The minimum Gasteiger partial charge on any atom is -0.0776 e. The summed E-state index contributed by atoms with van der Waals surface area (Å²) >= 11 is 0. The fraction of sp³-hybridized carbons (Fsp3) is 0.844. The molecule has 0 nitrogen and oxygen atoms in total. The zero-order valence-electron chi connectivity index (χ0n) is 45.9. The molecule has 0 aliphatic heterocycles. The molecule has 366 valence electrons. The molecule has 15 unspecified atom stereocenters. The van der Waals surface area contributed by atoms with Crippen LogP contribution in [-0.2, 0) is 0 Å². The van der Waals surface area contributed by atoms with E-state index in [1.54, 1.807) is 0 Å². The van der Waals surface area contributed by atoms with E-state index in [9.17, 15) is 0 Å². The second-order valence-electron chi connectivity index (χ2n) is 26.3. The van der Waals surface area contributed by atoms with E-state index in [2.05, 4.69) is 154 Å². The van der Waals surface area contributed by atoms with Gasteiger partial charge in [0.1, 0.15) is 0 Å². The zero-order valence-corrected chi connectivity index (χ0v) is 45.9. The minimum absolute atomic E-state index is 0.681. The third kappa shape index (κ3) is 14.6. The number of benzene rings is 1. The summed E-state index contributed by atoms with van der Waals surface area (Å²) in [4.78, 5) is 0. The maximum Gasteiger partial charge on any atom is -0.00730 e. The quantitative estimate of drug-likeness (QED) is 0.244. The van der Waals surface area contributed by atoms with Crippen molar-refractivity contribution in [1.82, 2.24) is 0 Å². The highest BCUT2D eigenvalue weighted by molar-refractivity contribution is 5.29. The molecule has 64 heavy (non-hydrogen) atoms. The van der Waals surface area contributed by atoms with E-state index in [0.717, 1.165) is 118 Å². The van der Waals surface area contributed by atoms with E-state index in [-0.39, 0.29) is 0 Å². The van der Waals surface area contributed by atoms with Crippen LogP contribution in [0.1, 0.15) is 216 Å². The van der Waals surface area contributed by atoms with Crippen LogP contribution in [0.5, 0.6) is 0 Å². The predicted molar refractivity (Wildman–Crippen MR) is 284 cm³/mol. The van der Waals surface area contributed by atoms with Crippen molar-refractivity contribution in [2.24, 2.45) is 124 Å². The molecule has 10 rings (SSSR count). The first-order chi connectivity index (χ1) is 30.2. The van der Waals surface area contributed by atoms with Crippen molar-refractivity contribution in [3.05, 3.63) is 58.7 Å². The maximum atomic E-state index is 2.49. The van der Waals surface area contributed by atoms with Crippen molar-refractivity contribution in [2.45, 2.75) is 220 Å². The lowest BCUT2D eigenvalue weighted by Crippen LogP contribution is -2.34. The van der Waals surface area contributed by atoms with Gasteiger partial charge in [-0.1, -0.05) is 170 Å². The fourth-order valence-corrected chi connectivity index (χ4v) is 16.8. The number of allylic oxidation sites excluding steroid dienone is 4. The first-order valence-electron chi connectivity index (χ1n) is 28.6. The van der Waals surface area contributed by atoms with Crippen molar-refractivity contribution < 1.29 is 0 Å². The van der Waals surface area contributed by atoms with Gasteiger partial charge in [0.2, 0.25) is 0 Å². The molecule has 0 heterocycles. The lowest BCUT2D eigenvalue weighted by molar-refractivity contribution is 0.0620. The molecule has 9 aliphatic carbocycles. The second-order valence-corrected chi connectivity index (χ2v) is 26.3. The Balaban J connectivity index is 0.000000146. The van der Waals surface area contributed by atoms with Gasteiger partial charge in [-0.25, -0.2) is 0 Å². The van der Waals surface area contributed by atoms with Gasteiger partial charge in [0.15, 0.2) is 0 Å². The van der Waals surface area contributed by atoms with Gasteiger partial charge >= 0.3 is 0 Å². The highest BCUT2D eigenvalue weighted by Gasteiger charge is 2.48. The standard InChI is InChI=1S/C13H24.2C12H22.C11H20.C9H12.C7H10/c1-9-4-5-13-11(3)6-10(2)8-12(13)7-9;1-7-6-11-8(2)5-9(3)12(11)10(7)4;1-9-5-3-8-12-10(2)6-4-7-11(9)12;1-7-4-10-6-8(2)9(3)11(10)5-7;1-7-4-5-8(2)9(3)6-7;1-6-3-4-7(2)5-6/h9-13H,4-8H2,1-3H3;7-12H,5-6H2,1-4H3;9-12H,3-8H2,1-2H3;7-11H,4-6H2,1-3H3;4-6H,1-3H3;3-6H,1-2H3/t;7?,8?,9?,10?,11-,12-;9?,10?,11-,12-;7?,8?,9?,10-,11+;;/m.000../s1. The summed E-state index contributed by atoms with van der Waals surface area (Å²) in [6.07, 6.45) is 30.9. The summed E-state index contributed by atoms with van der Waals surface area (Å²) in [6.45, 7) is 40.2.